The molecule has 0 radical (unpaired) electrons. The van der Waals surface area contributed by atoms with E-state index in [1.807, 2.05) is 0 Å². The summed E-state index contributed by atoms with van der Waals surface area (Å²) in [7, 11) is -6.60. The summed E-state index contributed by atoms with van der Waals surface area (Å²) in [6.45, 7) is 0.859. The van der Waals surface area contributed by atoms with E-state index in [-0.39, 0.29) is 46.4 Å². The number of thiazole rings is 1. The number of nitrogens with one attached hydrogen (secondary N) is 1. The lowest BCUT2D eigenvalue weighted by Gasteiger charge is -2.44. The fraction of sp³-hybridized carbons (Fsp3) is 0.421. The molecule has 0 unspecified atom stereocenters. The summed E-state index contributed by atoms with van der Waals surface area (Å²) >= 11 is 0.657. The first kappa shape index (κ1) is 25.0. The normalized spacial score (nSPS) is 21.9. The number of anilines is 1. The van der Waals surface area contributed by atoms with Crippen molar-refractivity contribution in [3.63, 3.8) is 0 Å². The summed E-state index contributed by atoms with van der Waals surface area (Å²) in [5.74, 6) is -0.997. The summed E-state index contributed by atoms with van der Waals surface area (Å²) in [6, 6.07) is 5.80. The zero-order valence-corrected chi connectivity index (χ0v) is 20.2. The van der Waals surface area contributed by atoms with Crippen molar-refractivity contribution >= 4 is 48.7 Å². The van der Waals surface area contributed by atoms with Crippen LogP contribution >= 0.6 is 22.1 Å². The lowest BCUT2D eigenvalue weighted by molar-refractivity contribution is -0.110. The standard InChI is InChI=1S/C19H23FN4O7S3/c20-16-11-21-19(32-16)22-18(25)17(23-31-14-5-8-30-12-14)13-1-3-15(4-2-13)34(28,29)24-6-9-33(26,27)10-7-24/h1-4,11,14,28-29H,5-10,12H2,(H,21,22,25)/b23-17+/t14-/m1/s1. The number of carbonyl (C=O) groups excluding carboxylic acids is 1. The first-order valence-corrected chi connectivity index (χ1v) is 14.4. The Hall–Kier alpha value is -2.14. The highest BCUT2D eigenvalue weighted by Crippen LogP contribution is 2.51. The zero-order valence-electron chi connectivity index (χ0n) is 17.8. The number of hydrogen-bond acceptors (Lipinski definition) is 11. The largest absolute Gasteiger partial charge is 0.389 e. The summed E-state index contributed by atoms with van der Waals surface area (Å²) in [4.78, 5) is 22.2. The van der Waals surface area contributed by atoms with Crippen molar-refractivity contribution in [1.29, 1.82) is 0 Å². The van der Waals surface area contributed by atoms with Crippen LogP contribution in [-0.2, 0) is 24.2 Å². The van der Waals surface area contributed by atoms with Crippen LogP contribution in [0, 0.1) is 5.13 Å². The monoisotopic (exact) mass is 534 g/mol. The number of sulfone groups is 1. The van der Waals surface area contributed by atoms with Gasteiger partial charge in [0.1, 0.15) is 0 Å². The molecule has 34 heavy (non-hydrogen) atoms. The molecule has 2 aliphatic rings. The molecule has 0 bridgehead atoms. The Labute approximate surface area is 201 Å². The zero-order chi connectivity index (χ0) is 24.3. The second kappa shape index (κ2) is 10.2. The van der Waals surface area contributed by atoms with Crippen LogP contribution in [0.4, 0.5) is 9.52 Å². The number of oxime groups is 1. The Balaban J connectivity index is 1.54. The number of rotatable bonds is 7. The summed E-state index contributed by atoms with van der Waals surface area (Å²) in [6.07, 6.45) is 1.28. The predicted molar refractivity (Wildman–Crippen MR) is 125 cm³/mol. The molecule has 3 heterocycles. The molecule has 2 aromatic rings. The van der Waals surface area contributed by atoms with Crippen LogP contribution in [-0.4, -0.2) is 82.3 Å². The van der Waals surface area contributed by atoms with Gasteiger partial charge in [-0.05, 0) is 12.1 Å². The molecule has 1 amide bonds. The third-order valence-corrected chi connectivity index (χ3v) is 9.50. The van der Waals surface area contributed by atoms with Gasteiger partial charge in [-0.2, -0.15) is 4.39 Å². The number of amides is 1. The highest BCUT2D eigenvalue weighted by atomic mass is 32.3. The van der Waals surface area contributed by atoms with Crippen LogP contribution in [0.15, 0.2) is 40.5 Å². The van der Waals surface area contributed by atoms with Gasteiger partial charge in [-0.15, -0.1) is 10.8 Å². The van der Waals surface area contributed by atoms with E-state index in [4.69, 9.17) is 9.57 Å². The van der Waals surface area contributed by atoms with E-state index < -0.39 is 31.7 Å². The van der Waals surface area contributed by atoms with E-state index in [9.17, 15) is 26.7 Å². The molecule has 2 saturated heterocycles. The Kier molecular flexibility index (Phi) is 7.51. The molecular weight excluding hydrogens is 511 g/mol. The molecule has 15 heteroatoms. The van der Waals surface area contributed by atoms with Crippen molar-refractivity contribution in [2.75, 3.05) is 43.1 Å². The molecule has 11 nitrogen and oxygen atoms in total. The Morgan fingerprint density at radius 1 is 1.29 bits per heavy atom. The van der Waals surface area contributed by atoms with Crippen molar-refractivity contribution in [2.45, 2.75) is 17.4 Å². The Morgan fingerprint density at radius 3 is 2.59 bits per heavy atom. The lowest BCUT2D eigenvalue weighted by Crippen LogP contribution is -2.41. The third-order valence-electron chi connectivity index (χ3n) is 5.20. The van der Waals surface area contributed by atoms with Gasteiger partial charge in [-0.3, -0.25) is 19.2 Å². The van der Waals surface area contributed by atoms with Crippen molar-refractivity contribution in [3.05, 3.63) is 41.2 Å². The van der Waals surface area contributed by atoms with Crippen LogP contribution < -0.4 is 5.32 Å². The summed E-state index contributed by atoms with van der Waals surface area (Å²) in [5.41, 5.74) is 0.197. The minimum Gasteiger partial charge on any atom is -0.389 e. The van der Waals surface area contributed by atoms with Crippen LogP contribution in [0.2, 0.25) is 0 Å². The number of ether oxygens (including phenoxy) is 1. The minimum absolute atomic E-state index is 0.00318. The molecule has 2 fully saturated rings. The van der Waals surface area contributed by atoms with Gasteiger partial charge in [0.25, 0.3) is 5.91 Å². The van der Waals surface area contributed by atoms with E-state index in [1.165, 1.54) is 28.6 Å². The van der Waals surface area contributed by atoms with Crippen LogP contribution in [0.25, 0.3) is 0 Å². The van der Waals surface area contributed by atoms with E-state index in [1.54, 1.807) is 0 Å². The number of benzene rings is 1. The van der Waals surface area contributed by atoms with Crippen molar-refractivity contribution in [2.24, 2.45) is 5.16 Å². The molecule has 2 aliphatic heterocycles. The molecule has 0 saturated carbocycles. The fourth-order valence-corrected chi connectivity index (χ4v) is 6.77. The van der Waals surface area contributed by atoms with E-state index >= 15 is 0 Å². The lowest BCUT2D eigenvalue weighted by atomic mass is 10.1. The molecule has 3 N–H and O–H groups in total. The molecule has 1 aromatic heterocycles. The molecular formula is C19H23FN4O7S3. The number of aromatic nitrogens is 1. The Morgan fingerprint density at radius 2 is 2.00 bits per heavy atom. The summed E-state index contributed by atoms with van der Waals surface area (Å²) in [5, 5.41) is 5.94. The number of halogens is 1. The third kappa shape index (κ3) is 5.91. The minimum atomic E-state index is -3.42. The van der Waals surface area contributed by atoms with E-state index in [0.29, 0.717) is 36.5 Å². The van der Waals surface area contributed by atoms with Gasteiger partial charge in [-0.1, -0.05) is 28.6 Å². The number of hydrogen-bond donors (Lipinski definition) is 3. The van der Waals surface area contributed by atoms with Gasteiger partial charge in [0, 0.05) is 25.1 Å². The van der Waals surface area contributed by atoms with Gasteiger partial charge in [0.05, 0.1) is 35.8 Å². The highest BCUT2D eigenvalue weighted by molar-refractivity contribution is 8.22. The van der Waals surface area contributed by atoms with Crippen LogP contribution in [0.1, 0.15) is 12.0 Å². The molecule has 0 spiro atoms. The van der Waals surface area contributed by atoms with Crippen molar-refractivity contribution < 1.29 is 36.3 Å². The highest BCUT2D eigenvalue weighted by Gasteiger charge is 2.32. The second-order valence-electron chi connectivity index (χ2n) is 7.58. The topological polar surface area (TPSA) is 151 Å². The van der Waals surface area contributed by atoms with E-state index in [2.05, 4.69) is 15.5 Å². The van der Waals surface area contributed by atoms with Gasteiger partial charge in [0.15, 0.2) is 31.9 Å². The van der Waals surface area contributed by atoms with Crippen LogP contribution in [0.3, 0.4) is 0 Å². The van der Waals surface area contributed by atoms with Gasteiger partial charge >= 0.3 is 0 Å². The first-order valence-electron chi connectivity index (χ1n) is 10.2. The maximum atomic E-state index is 13.3. The smallest absolute Gasteiger partial charge is 0.280 e. The molecule has 186 valence electrons. The maximum Gasteiger partial charge on any atom is 0.280 e. The average molecular weight is 535 g/mol. The number of nitrogens with zero attached hydrogens (tertiary/aromatic N) is 3. The Bertz CT molecular complexity index is 1150. The summed E-state index contributed by atoms with van der Waals surface area (Å²) < 4.78 is 64.6. The second-order valence-corrected chi connectivity index (χ2v) is 12.9. The van der Waals surface area contributed by atoms with Gasteiger partial charge in [0.2, 0.25) is 0 Å². The van der Waals surface area contributed by atoms with E-state index in [0.717, 1.165) is 6.20 Å². The molecule has 1 aromatic carbocycles. The maximum absolute atomic E-state index is 13.3. The molecule has 4 rings (SSSR count). The first-order chi connectivity index (χ1) is 16.1. The fourth-order valence-electron chi connectivity index (χ4n) is 3.31. The van der Waals surface area contributed by atoms with Gasteiger partial charge in [-0.25, -0.2) is 17.7 Å². The molecule has 1 atom stereocenters. The SMILES string of the molecule is O=C(Nc1ncc(F)s1)/C(=N/O[C@@H]1CCOC1)c1ccc(S(O)(O)N2CCS(=O)(=O)CC2)cc1. The van der Waals surface area contributed by atoms with Gasteiger partial charge < -0.3 is 9.57 Å². The van der Waals surface area contributed by atoms with Crippen molar-refractivity contribution in [3.8, 4) is 0 Å². The predicted octanol–water partition coefficient (Wildman–Crippen LogP) is 2.19. The van der Waals surface area contributed by atoms with Crippen molar-refractivity contribution in [1.82, 2.24) is 9.29 Å². The average Bonchev–Trinajstić information content (AvgIpc) is 3.46. The molecule has 0 aliphatic carbocycles. The quantitative estimate of drug-likeness (QED) is 0.359. The number of carbonyl (C=O) groups is 1. The van der Waals surface area contributed by atoms with Crippen LogP contribution in [0.5, 0.6) is 0 Å².